The average Bonchev–Trinajstić information content (AvgIpc) is 2.20. The minimum Gasteiger partial charge on any atom is -0.392 e. The van der Waals surface area contributed by atoms with Gasteiger partial charge in [0, 0.05) is 13.6 Å². The fraction of sp³-hybridized carbons (Fsp3) is 0.364. The Kier molecular flexibility index (Phi) is 4.26. The average molecular weight is 246 g/mol. The first-order chi connectivity index (χ1) is 7.43. The molecule has 3 nitrogen and oxygen atoms in total. The standard InChI is InChI=1S/C11H13ClFNO2/c1-7(15)6-14(2)11(16)8-4-3-5-9(13)10(8)12/h3-5,7,15H,6H2,1-2H3. The number of aliphatic hydroxyl groups excluding tert-OH is 1. The van der Waals surface area contributed by atoms with Crippen molar-refractivity contribution >= 4 is 17.5 Å². The lowest BCUT2D eigenvalue weighted by atomic mass is 10.2. The van der Waals surface area contributed by atoms with Gasteiger partial charge in [0.1, 0.15) is 5.82 Å². The van der Waals surface area contributed by atoms with Crippen molar-refractivity contribution in [3.63, 3.8) is 0 Å². The SMILES string of the molecule is CC(O)CN(C)C(=O)c1cccc(F)c1Cl. The zero-order valence-corrected chi connectivity index (χ0v) is 9.83. The molecule has 1 N–H and O–H groups in total. The minimum atomic E-state index is -0.638. The van der Waals surface area contributed by atoms with Crippen LogP contribution in [0.4, 0.5) is 4.39 Å². The van der Waals surface area contributed by atoms with Crippen LogP contribution in [0.1, 0.15) is 17.3 Å². The molecule has 0 heterocycles. The van der Waals surface area contributed by atoms with E-state index < -0.39 is 17.8 Å². The highest BCUT2D eigenvalue weighted by Crippen LogP contribution is 2.20. The molecule has 1 rings (SSSR count). The summed E-state index contributed by atoms with van der Waals surface area (Å²) < 4.78 is 13.1. The molecular formula is C11H13ClFNO2. The van der Waals surface area contributed by atoms with E-state index in [-0.39, 0.29) is 17.1 Å². The molecule has 0 radical (unpaired) electrons. The van der Waals surface area contributed by atoms with Gasteiger partial charge in [0.2, 0.25) is 0 Å². The van der Waals surface area contributed by atoms with Gasteiger partial charge in [0.15, 0.2) is 0 Å². The van der Waals surface area contributed by atoms with Gasteiger partial charge in [-0.3, -0.25) is 4.79 Å². The molecule has 0 aliphatic rings. The first-order valence-electron chi connectivity index (χ1n) is 4.81. The third kappa shape index (κ3) is 2.93. The van der Waals surface area contributed by atoms with Crippen molar-refractivity contribution in [3.05, 3.63) is 34.6 Å². The number of halogens is 2. The summed E-state index contributed by atoms with van der Waals surface area (Å²) in [6.45, 7) is 1.74. The predicted molar refractivity (Wildman–Crippen MR) is 60.1 cm³/mol. The lowest BCUT2D eigenvalue weighted by Gasteiger charge is -2.19. The Morgan fingerprint density at radius 3 is 2.81 bits per heavy atom. The van der Waals surface area contributed by atoms with Crippen LogP contribution in [-0.4, -0.2) is 35.6 Å². The zero-order valence-electron chi connectivity index (χ0n) is 9.08. The van der Waals surface area contributed by atoms with Gasteiger partial charge >= 0.3 is 0 Å². The van der Waals surface area contributed by atoms with Crippen molar-refractivity contribution in [2.45, 2.75) is 13.0 Å². The fourth-order valence-electron chi connectivity index (χ4n) is 1.35. The quantitative estimate of drug-likeness (QED) is 0.884. The Bertz CT molecular complexity index is 396. The maximum absolute atomic E-state index is 13.1. The van der Waals surface area contributed by atoms with Crippen LogP contribution in [0.5, 0.6) is 0 Å². The third-order valence-corrected chi connectivity index (χ3v) is 2.45. The molecule has 0 spiro atoms. The van der Waals surface area contributed by atoms with E-state index in [1.807, 2.05) is 0 Å². The van der Waals surface area contributed by atoms with Gasteiger partial charge in [-0.2, -0.15) is 0 Å². The van der Waals surface area contributed by atoms with E-state index >= 15 is 0 Å². The summed E-state index contributed by atoms with van der Waals surface area (Å²) in [5, 5.41) is 8.95. The lowest BCUT2D eigenvalue weighted by molar-refractivity contribution is 0.0703. The van der Waals surface area contributed by atoms with E-state index in [0.29, 0.717) is 0 Å². The summed E-state index contributed by atoms with van der Waals surface area (Å²) in [6.07, 6.45) is -0.638. The molecule has 0 aromatic heterocycles. The van der Waals surface area contributed by atoms with Crippen LogP contribution in [0.2, 0.25) is 5.02 Å². The predicted octanol–water partition coefficient (Wildman–Crippen LogP) is 1.93. The summed E-state index contributed by atoms with van der Waals surface area (Å²) in [4.78, 5) is 13.1. The Balaban J connectivity index is 2.92. The first kappa shape index (κ1) is 12.9. The molecule has 1 amide bonds. The van der Waals surface area contributed by atoms with Gasteiger partial charge in [-0.05, 0) is 19.1 Å². The van der Waals surface area contributed by atoms with E-state index in [4.69, 9.17) is 16.7 Å². The molecule has 0 bridgehead atoms. The normalized spacial score (nSPS) is 12.3. The smallest absolute Gasteiger partial charge is 0.255 e. The Labute approximate surface area is 98.4 Å². The number of rotatable bonds is 3. The highest BCUT2D eigenvalue weighted by Gasteiger charge is 2.18. The summed E-state index contributed by atoms with van der Waals surface area (Å²) in [6, 6.07) is 4.06. The molecule has 1 aromatic rings. The van der Waals surface area contributed by atoms with E-state index in [0.717, 1.165) is 0 Å². The van der Waals surface area contributed by atoms with Crippen molar-refractivity contribution in [1.29, 1.82) is 0 Å². The monoisotopic (exact) mass is 245 g/mol. The number of aliphatic hydroxyl groups is 1. The van der Waals surface area contributed by atoms with Crippen molar-refractivity contribution in [2.24, 2.45) is 0 Å². The second-order valence-electron chi connectivity index (χ2n) is 3.64. The van der Waals surface area contributed by atoms with Gasteiger partial charge in [0.25, 0.3) is 5.91 Å². The second kappa shape index (κ2) is 5.27. The minimum absolute atomic E-state index is 0.102. The summed E-state index contributed by atoms with van der Waals surface area (Å²) in [5.41, 5.74) is 0.102. The number of hydrogen-bond acceptors (Lipinski definition) is 2. The highest BCUT2D eigenvalue weighted by molar-refractivity contribution is 6.33. The Morgan fingerprint density at radius 2 is 2.25 bits per heavy atom. The van der Waals surface area contributed by atoms with Crippen molar-refractivity contribution in [3.8, 4) is 0 Å². The van der Waals surface area contributed by atoms with Gasteiger partial charge in [0.05, 0.1) is 16.7 Å². The zero-order chi connectivity index (χ0) is 12.3. The molecule has 1 unspecified atom stereocenters. The maximum Gasteiger partial charge on any atom is 0.255 e. The van der Waals surface area contributed by atoms with Crippen LogP contribution >= 0.6 is 11.6 Å². The third-order valence-electron chi connectivity index (χ3n) is 2.07. The molecule has 1 aromatic carbocycles. The van der Waals surface area contributed by atoms with E-state index in [1.54, 1.807) is 6.92 Å². The van der Waals surface area contributed by atoms with E-state index in [2.05, 4.69) is 0 Å². The molecular weight excluding hydrogens is 233 g/mol. The van der Waals surface area contributed by atoms with Crippen LogP contribution in [0.25, 0.3) is 0 Å². The molecule has 0 aliphatic heterocycles. The van der Waals surface area contributed by atoms with Gasteiger partial charge < -0.3 is 10.0 Å². The largest absolute Gasteiger partial charge is 0.392 e. The Morgan fingerprint density at radius 1 is 1.62 bits per heavy atom. The van der Waals surface area contributed by atoms with E-state index in [1.165, 1.54) is 30.1 Å². The summed E-state index contributed by atoms with van der Waals surface area (Å²) >= 11 is 5.68. The van der Waals surface area contributed by atoms with Crippen molar-refractivity contribution < 1.29 is 14.3 Å². The van der Waals surface area contributed by atoms with Crippen LogP contribution in [0.15, 0.2) is 18.2 Å². The number of hydrogen-bond donors (Lipinski definition) is 1. The number of benzene rings is 1. The maximum atomic E-state index is 13.1. The highest BCUT2D eigenvalue weighted by atomic mass is 35.5. The van der Waals surface area contributed by atoms with Gasteiger partial charge in [-0.1, -0.05) is 17.7 Å². The van der Waals surface area contributed by atoms with Gasteiger partial charge in [-0.15, -0.1) is 0 Å². The molecule has 0 aliphatic carbocycles. The van der Waals surface area contributed by atoms with Crippen LogP contribution in [0.3, 0.4) is 0 Å². The Hall–Kier alpha value is -1.13. The van der Waals surface area contributed by atoms with Crippen molar-refractivity contribution in [1.82, 2.24) is 4.90 Å². The van der Waals surface area contributed by atoms with Gasteiger partial charge in [-0.25, -0.2) is 4.39 Å². The molecule has 0 fully saturated rings. The fourth-order valence-corrected chi connectivity index (χ4v) is 1.56. The molecule has 1 atom stereocenters. The second-order valence-corrected chi connectivity index (χ2v) is 4.01. The first-order valence-corrected chi connectivity index (χ1v) is 5.18. The van der Waals surface area contributed by atoms with Crippen molar-refractivity contribution in [2.75, 3.05) is 13.6 Å². The molecule has 5 heteroatoms. The van der Waals surface area contributed by atoms with Crippen LogP contribution in [0, 0.1) is 5.82 Å². The number of carbonyl (C=O) groups excluding carboxylic acids is 1. The topological polar surface area (TPSA) is 40.5 Å². The van der Waals surface area contributed by atoms with E-state index in [9.17, 15) is 9.18 Å². The number of amides is 1. The summed E-state index contributed by atoms with van der Waals surface area (Å²) in [5.74, 6) is -1.04. The van der Waals surface area contributed by atoms with Crippen LogP contribution < -0.4 is 0 Å². The molecule has 0 saturated carbocycles. The molecule has 88 valence electrons. The lowest BCUT2D eigenvalue weighted by Crippen LogP contribution is -2.33. The molecule has 0 saturated heterocycles. The van der Waals surface area contributed by atoms with Crippen LogP contribution in [-0.2, 0) is 0 Å². The number of carbonyl (C=O) groups is 1. The molecule has 16 heavy (non-hydrogen) atoms. The number of nitrogens with zero attached hydrogens (tertiary/aromatic N) is 1. The summed E-state index contributed by atoms with van der Waals surface area (Å²) in [7, 11) is 1.52. The number of likely N-dealkylation sites (N-methyl/N-ethyl adjacent to an activating group) is 1.